The van der Waals surface area contributed by atoms with E-state index in [0.717, 1.165) is 17.5 Å². The molecule has 6 nitrogen and oxygen atoms in total. The second-order valence-electron chi connectivity index (χ2n) is 5.99. The highest BCUT2D eigenvalue weighted by Gasteiger charge is 2.32. The Hall–Kier alpha value is -2.07. The van der Waals surface area contributed by atoms with Crippen molar-refractivity contribution in [3.8, 4) is 5.75 Å². The predicted molar refractivity (Wildman–Crippen MR) is 89.0 cm³/mol. The van der Waals surface area contributed by atoms with Gasteiger partial charge in [0.2, 0.25) is 10.0 Å². The number of carbonyl (C=O) groups is 1. The number of nitrogens with zero attached hydrogens (tertiary/aromatic N) is 1. The molecule has 26 heavy (non-hydrogen) atoms. The lowest BCUT2D eigenvalue weighted by Crippen LogP contribution is -2.32. The van der Waals surface area contributed by atoms with Crippen LogP contribution in [0, 0.1) is 12.8 Å². The van der Waals surface area contributed by atoms with E-state index in [-0.39, 0.29) is 29.7 Å². The first-order valence-corrected chi connectivity index (χ1v) is 9.33. The minimum absolute atomic E-state index is 0.0400. The highest BCUT2D eigenvalue weighted by atomic mass is 32.2. The summed E-state index contributed by atoms with van der Waals surface area (Å²) in [6, 6.07) is 3.55. The lowest BCUT2D eigenvalue weighted by Gasteiger charge is -2.18. The summed E-state index contributed by atoms with van der Waals surface area (Å²) in [6.45, 7) is 5.73. The van der Waals surface area contributed by atoms with Crippen molar-refractivity contribution in [1.29, 1.82) is 0 Å². The number of hydrogen-bond acceptors (Lipinski definition) is 4. The molecule has 0 saturated carbocycles. The molecule has 0 aromatic heterocycles. The molecular weight excluding hydrogens is 373 g/mol. The first-order chi connectivity index (χ1) is 12.0. The average Bonchev–Trinajstić information content (AvgIpc) is 3.00. The second-order valence-corrected chi connectivity index (χ2v) is 7.70. The maximum absolute atomic E-state index is 12.6. The van der Waals surface area contributed by atoms with Gasteiger partial charge in [-0.15, -0.1) is 13.2 Å². The summed E-state index contributed by atoms with van der Waals surface area (Å²) in [6.07, 6.45) is -4.17. The Morgan fingerprint density at radius 3 is 2.73 bits per heavy atom. The molecule has 0 bridgehead atoms. The Kier molecular flexibility index (Phi) is 5.97. The van der Waals surface area contributed by atoms with Crippen LogP contribution in [-0.4, -0.2) is 45.2 Å². The molecule has 1 amide bonds. The van der Waals surface area contributed by atoms with E-state index < -0.39 is 16.4 Å². The lowest BCUT2D eigenvalue weighted by atomic mass is 10.1. The number of aryl methyl sites for hydroxylation is 1. The predicted octanol–water partition coefficient (Wildman–Crippen LogP) is 2.42. The summed E-state index contributed by atoms with van der Waals surface area (Å²) < 4.78 is 65.7. The van der Waals surface area contributed by atoms with Gasteiger partial charge in [0, 0.05) is 30.6 Å². The first kappa shape index (κ1) is 20.2. The molecule has 0 spiro atoms. The fourth-order valence-corrected chi connectivity index (χ4v) is 3.31. The van der Waals surface area contributed by atoms with Crippen molar-refractivity contribution >= 4 is 15.9 Å². The zero-order valence-electron chi connectivity index (χ0n) is 14.0. The van der Waals surface area contributed by atoms with Crippen LogP contribution in [0.3, 0.4) is 0 Å². The van der Waals surface area contributed by atoms with E-state index in [1.807, 2.05) is 0 Å². The molecule has 10 heteroatoms. The van der Waals surface area contributed by atoms with Crippen LogP contribution >= 0.6 is 0 Å². The molecule has 0 unspecified atom stereocenters. The van der Waals surface area contributed by atoms with Gasteiger partial charge in [-0.3, -0.25) is 4.79 Å². The maximum Gasteiger partial charge on any atom is 0.573 e. The van der Waals surface area contributed by atoms with Crippen LogP contribution in [0.1, 0.15) is 22.3 Å². The fourth-order valence-electron chi connectivity index (χ4n) is 2.72. The van der Waals surface area contributed by atoms with Gasteiger partial charge in [-0.05, 0) is 43.0 Å². The summed E-state index contributed by atoms with van der Waals surface area (Å²) in [4.78, 5) is 14.1. The van der Waals surface area contributed by atoms with Gasteiger partial charge in [-0.1, -0.05) is 6.58 Å². The van der Waals surface area contributed by atoms with E-state index in [0.29, 0.717) is 25.1 Å². The van der Waals surface area contributed by atoms with Crippen molar-refractivity contribution in [3.05, 3.63) is 41.3 Å². The quantitative estimate of drug-likeness (QED) is 0.807. The zero-order valence-corrected chi connectivity index (χ0v) is 14.9. The molecule has 144 valence electrons. The summed E-state index contributed by atoms with van der Waals surface area (Å²) in [7, 11) is -3.52. The van der Waals surface area contributed by atoms with E-state index >= 15 is 0 Å². The number of carbonyl (C=O) groups excluding carboxylic acids is 1. The van der Waals surface area contributed by atoms with E-state index in [1.54, 1.807) is 4.90 Å². The third kappa shape index (κ3) is 5.46. The molecular formula is C16H19F3N2O4S. The van der Waals surface area contributed by atoms with Crippen LogP contribution in [0.4, 0.5) is 13.2 Å². The molecule has 1 atom stereocenters. The summed E-state index contributed by atoms with van der Waals surface area (Å²) in [5, 5.41) is 0.818. The van der Waals surface area contributed by atoms with Crippen molar-refractivity contribution in [2.24, 2.45) is 5.92 Å². The SMILES string of the molecule is C=CS(=O)(=O)NC[C@H]1CCN(C(=O)c2ccc(OC(F)(F)F)cc2C)C1. The van der Waals surface area contributed by atoms with Crippen molar-refractivity contribution < 1.29 is 31.1 Å². The van der Waals surface area contributed by atoms with Crippen LogP contribution < -0.4 is 9.46 Å². The Morgan fingerprint density at radius 2 is 2.15 bits per heavy atom. The minimum Gasteiger partial charge on any atom is -0.406 e. The molecule has 1 saturated heterocycles. The van der Waals surface area contributed by atoms with Gasteiger partial charge in [0.25, 0.3) is 5.91 Å². The largest absolute Gasteiger partial charge is 0.573 e. The Labute approximate surface area is 149 Å². The molecule has 1 aromatic rings. The molecule has 1 aliphatic heterocycles. The molecule has 1 heterocycles. The number of halogens is 3. The van der Waals surface area contributed by atoms with Gasteiger partial charge in [0.1, 0.15) is 5.75 Å². The van der Waals surface area contributed by atoms with Crippen LogP contribution in [-0.2, 0) is 10.0 Å². The average molecular weight is 392 g/mol. The summed E-state index contributed by atoms with van der Waals surface area (Å²) >= 11 is 0. The normalized spacial score (nSPS) is 18.0. The molecule has 1 fully saturated rings. The highest BCUT2D eigenvalue weighted by molar-refractivity contribution is 7.92. The number of sulfonamides is 1. The third-order valence-electron chi connectivity index (χ3n) is 4.03. The zero-order chi connectivity index (χ0) is 19.5. The molecule has 0 aliphatic carbocycles. The third-order valence-corrected chi connectivity index (χ3v) is 5.04. The number of benzene rings is 1. The van der Waals surface area contributed by atoms with Gasteiger partial charge >= 0.3 is 6.36 Å². The second kappa shape index (κ2) is 7.67. The number of ether oxygens (including phenoxy) is 1. The Morgan fingerprint density at radius 1 is 1.46 bits per heavy atom. The number of hydrogen-bond donors (Lipinski definition) is 1. The highest BCUT2D eigenvalue weighted by Crippen LogP contribution is 2.26. The maximum atomic E-state index is 12.6. The van der Waals surface area contributed by atoms with E-state index in [1.165, 1.54) is 13.0 Å². The van der Waals surface area contributed by atoms with E-state index in [4.69, 9.17) is 0 Å². The smallest absolute Gasteiger partial charge is 0.406 e. The minimum atomic E-state index is -4.79. The van der Waals surface area contributed by atoms with Crippen molar-refractivity contribution in [1.82, 2.24) is 9.62 Å². The van der Waals surface area contributed by atoms with Crippen LogP contribution in [0.15, 0.2) is 30.2 Å². The summed E-state index contributed by atoms with van der Waals surface area (Å²) in [5.41, 5.74) is 0.652. The molecule has 1 N–H and O–H groups in total. The van der Waals surface area contributed by atoms with Gasteiger partial charge in [0.15, 0.2) is 0 Å². The molecule has 1 aromatic carbocycles. The van der Waals surface area contributed by atoms with Gasteiger partial charge < -0.3 is 9.64 Å². The number of alkyl halides is 3. The fraction of sp³-hybridized carbons (Fsp3) is 0.438. The van der Waals surface area contributed by atoms with Crippen LogP contribution in [0.25, 0.3) is 0 Å². The number of rotatable bonds is 6. The molecule has 1 aliphatic rings. The molecule has 2 rings (SSSR count). The Balaban J connectivity index is 2.00. The molecule has 0 radical (unpaired) electrons. The number of likely N-dealkylation sites (tertiary alicyclic amines) is 1. The lowest BCUT2D eigenvalue weighted by molar-refractivity contribution is -0.274. The van der Waals surface area contributed by atoms with Crippen LogP contribution in [0.2, 0.25) is 0 Å². The van der Waals surface area contributed by atoms with Gasteiger partial charge in [-0.2, -0.15) is 0 Å². The van der Waals surface area contributed by atoms with Gasteiger partial charge in [-0.25, -0.2) is 13.1 Å². The summed E-state index contributed by atoms with van der Waals surface area (Å²) in [5.74, 6) is -0.735. The van der Waals surface area contributed by atoms with Crippen LogP contribution in [0.5, 0.6) is 5.75 Å². The van der Waals surface area contributed by atoms with E-state index in [2.05, 4.69) is 16.0 Å². The van der Waals surface area contributed by atoms with Crippen molar-refractivity contribution in [3.63, 3.8) is 0 Å². The first-order valence-electron chi connectivity index (χ1n) is 7.78. The number of nitrogens with one attached hydrogen (secondary N) is 1. The van der Waals surface area contributed by atoms with Gasteiger partial charge in [0.05, 0.1) is 0 Å². The number of amides is 1. The van der Waals surface area contributed by atoms with Crippen molar-refractivity contribution in [2.45, 2.75) is 19.7 Å². The van der Waals surface area contributed by atoms with E-state index in [9.17, 15) is 26.4 Å². The topological polar surface area (TPSA) is 75.7 Å². The Bertz CT molecular complexity index is 793. The van der Waals surface area contributed by atoms with Crippen molar-refractivity contribution in [2.75, 3.05) is 19.6 Å². The monoisotopic (exact) mass is 392 g/mol. The standard InChI is InChI=1S/C16H19F3N2O4S/c1-3-26(23,24)20-9-12-6-7-21(10-12)15(22)14-5-4-13(8-11(14)2)25-16(17,18)19/h3-5,8,12,20H,1,6-7,9-10H2,2H3/t12-/m1/s1.